The molecule has 0 aromatic heterocycles. The minimum absolute atomic E-state index is 0.0996. The van der Waals surface area contributed by atoms with Crippen LogP contribution in [0, 0.1) is 0 Å². The maximum absolute atomic E-state index is 11.5. The third-order valence-electron chi connectivity index (χ3n) is 1.80. The molecule has 1 aromatic rings. The van der Waals surface area contributed by atoms with Crippen LogP contribution in [0.2, 0.25) is 0 Å². The number of hydrogen-bond acceptors (Lipinski definition) is 2. The van der Waals surface area contributed by atoms with E-state index in [1.165, 1.54) is 0 Å². The van der Waals surface area contributed by atoms with Crippen LogP contribution in [0.5, 0.6) is 5.75 Å². The molecule has 0 radical (unpaired) electrons. The molecule has 14 heavy (non-hydrogen) atoms. The minimum atomic E-state index is -0.513. The van der Waals surface area contributed by atoms with E-state index in [1.54, 1.807) is 32.2 Å². The van der Waals surface area contributed by atoms with Gasteiger partial charge in [-0.05, 0) is 41.1 Å². The number of hydrogen-bond donors (Lipinski definition) is 0. The van der Waals surface area contributed by atoms with Gasteiger partial charge in [0.15, 0.2) is 5.78 Å². The number of methoxy groups -OCH3 is 1. The Bertz CT molecular complexity index is 350. The fourth-order valence-corrected chi connectivity index (χ4v) is 1.58. The van der Waals surface area contributed by atoms with E-state index in [-0.39, 0.29) is 5.78 Å². The van der Waals surface area contributed by atoms with E-state index in [1.807, 2.05) is 0 Å². The molecule has 0 amide bonds. The van der Waals surface area contributed by atoms with Crippen molar-refractivity contribution in [1.29, 1.82) is 0 Å². The van der Waals surface area contributed by atoms with Crippen molar-refractivity contribution in [1.82, 2.24) is 0 Å². The lowest BCUT2D eigenvalue weighted by molar-refractivity contribution is 0.0991. The molecule has 4 heteroatoms. The molecule has 2 nitrogen and oxygen atoms in total. The van der Waals surface area contributed by atoms with Gasteiger partial charge in [-0.2, -0.15) is 0 Å². The Balaban J connectivity index is 3.06. The Labute approximate surface area is 96.3 Å². The van der Waals surface area contributed by atoms with E-state index in [0.29, 0.717) is 11.3 Å². The van der Waals surface area contributed by atoms with Crippen LogP contribution in [0.25, 0.3) is 0 Å². The van der Waals surface area contributed by atoms with E-state index < -0.39 is 5.38 Å². The highest BCUT2D eigenvalue weighted by Gasteiger charge is 2.13. The molecule has 0 aliphatic rings. The first-order chi connectivity index (χ1) is 6.56. The zero-order valence-electron chi connectivity index (χ0n) is 7.88. The Morgan fingerprint density at radius 3 is 2.71 bits per heavy atom. The minimum Gasteiger partial charge on any atom is -0.496 e. The Morgan fingerprint density at radius 1 is 1.57 bits per heavy atom. The van der Waals surface area contributed by atoms with Gasteiger partial charge in [0, 0.05) is 5.56 Å². The van der Waals surface area contributed by atoms with E-state index in [4.69, 9.17) is 16.3 Å². The predicted molar refractivity (Wildman–Crippen MR) is 60.3 cm³/mol. The zero-order chi connectivity index (χ0) is 10.7. The molecule has 0 spiro atoms. The number of Topliss-reactive ketones (excluding diaryl/α,β-unsaturated/α-hetero) is 1. The third-order valence-corrected chi connectivity index (χ3v) is 2.65. The van der Waals surface area contributed by atoms with Crippen LogP contribution < -0.4 is 4.74 Å². The topological polar surface area (TPSA) is 26.3 Å². The number of carbonyl (C=O) groups excluding carboxylic acids is 1. The molecule has 0 saturated carbocycles. The molecule has 0 fully saturated rings. The number of carbonyl (C=O) groups is 1. The van der Waals surface area contributed by atoms with Gasteiger partial charge in [0.1, 0.15) is 5.75 Å². The fraction of sp³-hybridized carbons (Fsp3) is 0.300. The highest BCUT2D eigenvalue weighted by Crippen LogP contribution is 2.26. The van der Waals surface area contributed by atoms with Gasteiger partial charge >= 0.3 is 0 Å². The second kappa shape index (κ2) is 4.80. The van der Waals surface area contributed by atoms with Crippen molar-refractivity contribution in [3.63, 3.8) is 0 Å². The van der Waals surface area contributed by atoms with Crippen LogP contribution >= 0.6 is 27.5 Å². The normalized spacial score (nSPS) is 12.3. The predicted octanol–water partition coefficient (Wildman–Crippen LogP) is 3.27. The van der Waals surface area contributed by atoms with E-state index in [0.717, 1.165) is 4.47 Å². The molecule has 1 rings (SSSR count). The number of alkyl halides is 1. The lowest BCUT2D eigenvalue weighted by Crippen LogP contribution is -2.10. The quantitative estimate of drug-likeness (QED) is 0.626. The number of ketones is 1. The second-order valence-corrected chi connectivity index (χ2v) is 4.34. The maximum atomic E-state index is 11.5. The van der Waals surface area contributed by atoms with Gasteiger partial charge in [-0.25, -0.2) is 0 Å². The smallest absolute Gasteiger partial charge is 0.180 e. The molecule has 0 saturated heterocycles. The maximum Gasteiger partial charge on any atom is 0.180 e. The van der Waals surface area contributed by atoms with Crippen molar-refractivity contribution < 1.29 is 9.53 Å². The van der Waals surface area contributed by atoms with Crippen LogP contribution in [0.3, 0.4) is 0 Å². The average molecular weight is 278 g/mol. The molecule has 0 bridgehead atoms. The molecule has 1 atom stereocenters. The van der Waals surface area contributed by atoms with Gasteiger partial charge in [0.25, 0.3) is 0 Å². The van der Waals surface area contributed by atoms with Crippen LogP contribution in [0.1, 0.15) is 17.3 Å². The molecule has 0 N–H and O–H groups in total. The molecule has 0 heterocycles. The Kier molecular flexibility index (Phi) is 3.96. The van der Waals surface area contributed by atoms with Crippen molar-refractivity contribution in [2.75, 3.05) is 7.11 Å². The fourth-order valence-electron chi connectivity index (χ4n) is 1.04. The van der Waals surface area contributed by atoms with Crippen molar-refractivity contribution in [3.8, 4) is 5.75 Å². The largest absolute Gasteiger partial charge is 0.496 e. The summed E-state index contributed by atoms with van der Waals surface area (Å²) < 4.78 is 5.89. The molecular weight excluding hydrogens is 267 g/mol. The van der Waals surface area contributed by atoms with Crippen LogP contribution in [-0.2, 0) is 0 Å². The first kappa shape index (κ1) is 11.5. The molecule has 1 unspecified atom stereocenters. The number of rotatable bonds is 3. The second-order valence-electron chi connectivity index (χ2n) is 2.83. The summed E-state index contributed by atoms with van der Waals surface area (Å²) in [5.41, 5.74) is 0.563. The third kappa shape index (κ3) is 2.49. The highest BCUT2D eigenvalue weighted by atomic mass is 79.9. The van der Waals surface area contributed by atoms with Gasteiger partial charge in [-0.1, -0.05) is 0 Å². The van der Waals surface area contributed by atoms with E-state index in [2.05, 4.69) is 15.9 Å². The summed E-state index contributed by atoms with van der Waals surface area (Å²) in [6.45, 7) is 1.65. The van der Waals surface area contributed by atoms with E-state index >= 15 is 0 Å². The molecule has 76 valence electrons. The first-order valence-corrected chi connectivity index (χ1v) is 5.31. The standard InChI is InChI=1S/C10H10BrClO2/c1-6(12)10(13)7-3-4-8(11)9(5-7)14-2/h3-6H,1-2H3. The summed E-state index contributed by atoms with van der Waals surface area (Å²) in [5, 5.41) is -0.513. The summed E-state index contributed by atoms with van der Waals surface area (Å²) in [5.74, 6) is 0.533. The van der Waals surface area contributed by atoms with Gasteiger partial charge in [-0.3, -0.25) is 4.79 Å². The molecule has 0 aliphatic heterocycles. The Hall–Kier alpha value is -0.540. The van der Waals surface area contributed by atoms with Gasteiger partial charge < -0.3 is 4.74 Å². The molecular formula is C10H10BrClO2. The SMILES string of the molecule is COc1cc(C(=O)C(C)Cl)ccc1Br. The summed E-state index contributed by atoms with van der Waals surface area (Å²) in [6.07, 6.45) is 0. The van der Waals surface area contributed by atoms with Crippen molar-refractivity contribution >= 4 is 33.3 Å². The molecule has 0 aliphatic carbocycles. The molecule has 1 aromatic carbocycles. The van der Waals surface area contributed by atoms with Crippen LogP contribution in [0.15, 0.2) is 22.7 Å². The van der Waals surface area contributed by atoms with Gasteiger partial charge in [0.2, 0.25) is 0 Å². The highest BCUT2D eigenvalue weighted by molar-refractivity contribution is 9.10. The van der Waals surface area contributed by atoms with Crippen molar-refractivity contribution in [2.24, 2.45) is 0 Å². The average Bonchev–Trinajstić information content (AvgIpc) is 2.17. The van der Waals surface area contributed by atoms with Crippen LogP contribution in [-0.4, -0.2) is 18.3 Å². The number of halogens is 2. The summed E-state index contributed by atoms with van der Waals surface area (Å²) in [4.78, 5) is 11.5. The van der Waals surface area contributed by atoms with E-state index in [9.17, 15) is 4.79 Å². The zero-order valence-corrected chi connectivity index (χ0v) is 10.2. The summed E-state index contributed by atoms with van der Waals surface area (Å²) >= 11 is 9.00. The van der Waals surface area contributed by atoms with Crippen molar-refractivity contribution in [3.05, 3.63) is 28.2 Å². The van der Waals surface area contributed by atoms with Gasteiger partial charge in [0.05, 0.1) is 17.0 Å². The first-order valence-electron chi connectivity index (χ1n) is 4.08. The number of benzene rings is 1. The van der Waals surface area contributed by atoms with Crippen LogP contribution in [0.4, 0.5) is 0 Å². The summed E-state index contributed by atoms with van der Waals surface area (Å²) in [6, 6.07) is 5.16. The number of ether oxygens (including phenoxy) is 1. The lowest BCUT2D eigenvalue weighted by Gasteiger charge is -2.06. The van der Waals surface area contributed by atoms with Crippen molar-refractivity contribution in [2.45, 2.75) is 12.3 Å². The Morgan fingerprint density at radius 2 is 2.21 bits per heavy atom. The van der Waals surface area contributed by atoms with Gasteiger partial charge in [-0.15, -0.1) is 11.6 Å². The lowest BCUT2D eigenvalue weighted by atomic mass is 10.1. The summed E-state index contributed by atoms with van der Waals surface area (Å²) in [7, 11) is 1.55. The monoisotopic (exact) mass is 276 g/mol.